The second kappa shape index (κ2) is 10.6. The zero-order valence-corrected chi connectivity index (χ0v) is 16.2. The van der Waals surface area contributed by atoms with Crippen LogP contribution in [0.4, 0.5) is 0 Å². The van der Waals surface area contributed by atoms with E-state index in [9.17, 15) is 4.79 Å². The van der Waals surface area contributed by atoms with Gasteiger partial charge < -0.3 is 18.9 Å². The molecule has 0 radical (unpaired) electrons. The maximum Gasteiger partial charge on any atom is 0.271 e. The molecule has 0 aliphatic carbocycles. The fourth-order valence-corrected chi connectivity index (χ4v) is 2.35. The highest BCUT2D eigenvalue weighted by Gasteiger charge is 2.10. The van der Waals surface area contributed by atoms with Crippen molar-refractivity contribution in [3.05, 3.63) is 60.2 Å². The second-order valence-corrected chi connectivity index (χ2v) is 5.51. The number of rotatable bonds is 10. The molecule has 0 heterocycles. The van der Waals surface area contributed by atoms with Gasteiger partial charge in [-0.3, -0.25) is 4.79 Å². The van der Waals surface area contributed by atoms with E-state index < -0.39 is 0 Å². The summed E-state index contributed by atoms with van der Waals surface area (Å²) in [5.41, 5.74) is 3.64. The van der Waals surface area contributed by atoms with Crippen LogP contribution in [0.5, 0.6) is 23.0 Å². The van der Waals surface area contributed by atoms with Crippen LogP contribution in [0, 0.1) is 0 Å². The van der Waals surface area contributed by atoms with Crippen LogP contribution in [-0.4, -0.2) is 39.6 Å². The molecule has 0 fully saturated rings. The Kier molecular flexibility index (Phi) is 7.90. The Morgan fingerprint density at radius 3 is 2.46 bits per heavy atom. The number of benzene rings is 2. The third-order valence-electron chi connectivity index (χ3n) is 3.65. The van der Waals surface area contributed by atoms with Gasteiger partial charge in [-0.2, -0.15) is 5.10 Å². The summed E-state index contributed by atoms with van der Waals surface area (Å²) in [6.07, 6.45) is 3.17. The van der Waals surface area contributed by atoms with Crippen molar-refractivity contribution in [1.82, 2.24) is 5.43 Å². The summed E-state index contributed by atoms with van der Waals surface area (Å²) < 4.78 is 21.5. The van der Waals surface area contributed by atoms with Crippen LogP contribution < -0.4 is 24.4 Å². The average Bonchev–Trinajstić information content (AvgIpc) is 2.72. The van der Waals surface area contributed by atoms with Crippen molar-refractivity contribution >= 4 is 12.1 Å². The predicted octanol–water partition coefficient (Wildman–Crippen LogP) is 3.43. The van der Waals surface area contributed by atoms with Crippen LogP contribution >= 0.6 is 0 Å². The quantitative estimate of drug-likeness (QED) is 0.386. The van der Waals surface area contributed by atoms with E-state index in [1.807, 2.05) is 6.92 Å². The summed E-state index contributed by atoms with van der Waals surface area (Å²) in [5, 5.41) is 3.99. The van der Waals surface area contributed by atoms with E-state index in [0.29, 0.717) is 41.8 Å². The molecule has 7 heteroatoms. The highest BCUT2D eigenvalue weighted by Crippen LogP contribution is 2.28. The summed E-state index contributed by atoms with van der Waals surface area (Å²) in [6.45, 7) is 6.32. The molecule has 2 aromatic rings. The van der Waals surface area contributed by atoms with E-state index >= 15 is 0 Å². The highest BCUT2D eigenvalue weighted by molar-refractivity contribution is 5.95. The Balaban J connectivity index is 2.06. The molecule has 0 spiro atoms. The van der Waals surface area contributed by atoms with Crippen LogP contribution in [0.1, 0.15) is 22.8 Å². The zero-order chi connectivity index (χ0) is 20.4. The van der Waals surface area contributed by atoms with Gasteiger partial charge in [0, 0.05) is 5.56 Å². The standard InChI is InChI=1S/C21H24N2O5/c1-5-11-28-18-9-7-15(12-19(18)26-4)14-22-23-21(24)16-8-10-17(25-3)20(13-16)27-6-2/h5,7-10,12-14H,1,6,11H2,2-4H3,(H,23,24)/b22-14+. The maximum absolute atomic E-state index is 12.3. The first kappa shape index (κ1) is 20.8. The summed E-state index contributed by atoms with van der Waals surface area (Å²) in [5.74, 6) is 1.87. The Morgan fingerprint density at radius 1 is 1.04 bits per heavy atom. The minimum Gasteiger partial charge on any atom is -0.493 e. The maximum atomic E-state index is 12.3. The molecule has 1 N–H and O–H groups in total. The Hall–Kier alpha value is -3.48. The van der Waals surface area contributed by atoms with E-state index in [4.69, 9.17) is 18.9 Å². The molecule has 2 rings (SSSR count). The zero-order valence-electron chi connectivity index (χ0n) is 16.2. The number of hydrogen-bond acceptors (Lipinski definition) is 6. The van der Waals surface area contributed by atoms with E-state index in [1.165, 1.54) is 6.21 Å². The van der Waals surface area contributed by atoms with Gasteiger partial charge in [0.2, 0.25) is 0 Å². The van der Waals surface area contributed by atoms with Crippen molar-refractivity contribution < 1.29 is 23.7 Å². The van der Waals surface area contributed by atoms with Gasteiger partial charge in [0.15, 0.2) is 23.0 Å². The summed E-state index contributed by atoms with van der Waals surface area (Å²) in [4.78, 5) is 12.3. The topological polar surface area (TPSA) is 78.4 Å². The van der Waals surface area contributed by atoms with Gasteiger partial charge in [-0.25, -0.2) is 5.43 Å². The summed E-state index contributed by atoms with van der Waals surface area (Å²) in [6, 6.07) is 10.3. The van der Waals surface area contributed by atoms with Gasteiger partial charge in [-0.15, -0.1) is 0 Å². The monoisotopic (exact) mass is 384 g/mol. The minimum atomic E-state index is -0.363. The van der Waals surface area contributed by atoms with Gasteiger partial charge in [-0.05, 0) is 48.9 Å². The number of nitrogens with one attached hydrogen (secondary N) is 1. The van der Waals surface area contributed by atoms with Crippen LogP contribution in [0.15, 0.2) is 54.2 Å². The average molecular weight is 384 g/mol. The lowest BCUT2D eigenvalue weighted by molar-refractivity contribution is 0.0954. The van der Waals surface area contributed by atoms with Crippen molar-refractivity contribution in [1.29, 1.82) is 0 Å². The van der Waals surface area contributed by atoms with Gasteiger partial charge >= 0.3 is 0 Å². The molecule has 0 unspecified atom stereocenters. The van der Waals surface area contributed by atoms with E-state index in [2.05, 4.69) is 17.1 Å². The number of hydrogen-bond donors (Lipinski definition) is 1. The number of carbonyl (C=O) groups excluding carboxylic acids is 1. The number of nitrogens with zero attached hydrogens (tertiary/aromatic N) is 1. The molecule has 0 aromatic heterocycles. The SMILES string of the molecule is C=CCOc1ccc(/C=N/NC(=O)c2ccc(OC)c(OCC)c2)cc1OC. The first-order valence-electron chi connectivity index (χ1n) is 8.68. The fourth-order valence-electron chi connectivity index (χ4n) is 2.35. The molecule has 0 atom stereocenters. The Labute approximate surface area is 164 Å². The molecule has 28 heavy (non-hydrogen) atoms. The molecular weight excluding hydrogens is 360 g/mol. The van der Waals surface area contributed by atoms with E-state index in [1.54, 1.807) is 56.7 Å². The number of methoxy groups -OCH3 is 2. The van der Waals surface area contributed by atoms with Gasteiger partial charge in [-0.1, -0.05) is 12.7 Å². The Bertz CT molecular complexity index is 849. The number of hydrazone groups is 1. The smallest absolute Gasteiger partial charge is 0.271 e. The van der Waals surface area contributed by atoms with Gasteiger partial charge in [0.05, 0.1) is 27.0 Å². The molecule has 0 aliphatic rings. The molecule has 0 bridgehead atoms. The third-order valence-corrected chi connectivity index (χ3v) is 3.65. The van der Waals surface area contributed by atoms with Crippen LogP contribution in [-0.2, 0) is 0 Å². The number of carbonyl (C=O) groups is 1. The highest BCUT2D eigenvalue weighted by atomic mass is 16.5. The first-order valence-corrected chi connectivity index (χ1v) is 8.68. The molecule has 0 saturated heterocycles. The molecule has 0 saturated carbocycles. The normalized spacial score (nSPS) is 10.4. The summed E-state index contributed by atoms with van der Waals surface area (Å²) in [7, 11) is 3.10. The predicted molar refractivity (Wildman–Crippen MR) is 108 cm³/mol. The molecule has 1 amide bonds. The van der Waals surface area contributed by atoms with Crippen molar-refractivity contribution in [3.8, 4) is 23.0 Å². The molecule has 2 aromatic carbocycles. The van der Waals surface area contributed by atoms with E-state index in [0.717, 1.165) is 5.56 Å². The van der Waals surface area contributed by atoms with Crippen molar-refractivity contribution in [2.24, 2.45) is 5.10 Å². The fraction of sp³-hybridized carbons (Fsp3) is 0.238. The van der Waals surface area contributed by atoms with Gasteiger partial charge in [0.25, 0.3) is 5.91 Å². The third kappa shape index (κ3) is 5.51. The largest absolute Gasteiger partial charge is 0.493 e. The van der Waals surface area contributed by atoms with E-state index in [-0.39, 0.29) is 5.91 Å². The molecule has 148 valence electrons. The lowest BCUT2D eigenvalue weighted by Crippen LogP contribution is -2.17. The number of ether oxygens (including phenoxy) is 4. The molecule has 7 nitrogen and oxygen atoms in total. The van der Waals surface area contributed by atoms with Crippen molar-refractivity contribution in [2.75, 3.05) is 27.4 Å². The molecule has 0 aliphatic heterocycles. The van der Waals surface area contributed by atoms with Crippen molar-refractivity contribution in [2.45, 2.75) is 6.92 Å². The van der Waals surface area contributed by atoms with Crippen LogP contribution in [0.2, 0.25) is 0 Å². The minimum absolute atomic E-state index is 0.363. The first-order chi connectivity index (χ1) is 13.6. The molecular formula is C21H24N2O5. The van der Waals surface area contributed by atoms with Gasteiger partial charge in [0.1, 0.15) is 6.61 Å². The Morgan fingerprint density at radius 2 is 1.79 bits per heavy atom. The summed E-state index contributed by atoms with van der Waals surface area (Å²) >= 11 is 0. The van der Waals surface area contributed by atoms with Crippen LogP contribution in [0.3, 0.4) is 0 Å². The second-order valence-electron chi connectivity index (χ2n) is 5.51. The van der Waals surface area contributed by atoms with Crippen molar-refractivity contribution in [3.63, 3.8) is 0 Å². The lowest BCUT2D eigenvalue weighted by Gasteiger charge is -2.10. The number of amides is 1. The van der Waals surface area contributed by atoms with Crippen LogP contribution in [0.25, 0.3) is 0 Å². The lowest BCUT2D eigenvalue weighted by atomic mass is 10.2.